The first-order chi connectivity index (χ1) is 9.59. The Morgan fingerprint density at radius 3 is 2.35 bits per heavy atom. The minimum atomic E-state index is -0.230. The number of ether oxygens (including phenoxy) is 1. The highest BCUT2D eigenvalue weighted by molar-refractivity contribution is 5.83. The van der Waals surface area contributed by atoms with Gasteiger partial charge in [-0.25, -0.2) is 0 Å². The van der Waals surface area contributed by atoms with Gasteiger partial charge in [0.1, 0.15) is 0 Å². The fourth-order valence-corrected chi connectivity index (χ4v) is 3.62. The number of nitrogens with zero attached hydrogens (tertiary/aromatic N) is 1. The third-order valence-corrected chi connectivity index (χ3v) is 4.98. The normalized spacial score (nSPS) is 22.9. The summed E-state index contributed by atoms with van der Waals surface area (Å²) in [5.74, 6) is -0.0143. The van der Waals surface area contributed by atoms with E-state index in [0.717, 1.165) is 32.1 Å². The predicted molar refractivity (Wildman–Crippen MR) is 75.9 cm³/mol. The second-order valence-electron chi connectivity index (χ2n) is 6.20. The molecule has 1 aliphatic carbocycles. The summed E-state index contributed by atoms with van der Waals surface area (Å²) in [5, 5.41) is 0. The van der Waals surface area contributed by atoms with Crippen LogP contribution < -0.4 is 5.73 Å². The summed E-state index contributed by atoms with van der Waals surface area (Å²) in [5.41, 5.74) is 5.13. The molecule has 0 aromatic rings. The van der Waals surface area contributed by atoms with Crippen LogP contribution in [0.4, 0.5) is 0 Å². The molecule has 2 aliphatic rings. The van der Waals surface area contributed by atoms with Crippen molar-refractivity contribution in [2.75, 3.05) is 26.8 Å². The Kier molecular flexibility index (Phi) is 5.02. The molecule has 0 unspecified atom stereocenters. The molecule has 114 valence electrons. The first-order valence-electron chi connectivity index (χ1n) is 7.67. The van der Waals surface area contributed by atoms with Gasteiger partial charge in [0.2, 0.25) is 11.8 Å². The first kappa shape index (κ1) is 15.3. The fraction of sp³-hybridized carbons (Fsp3) is 0.867. The van der Waals surface area contributed by atoms with Crippen molar-refractivity contribution in [3.8, 4) is 0 Å². The predicted octanol–water partition coefficient (Wildman–Crippen LogP) is 1.31. The lowest BCUT2D eigenvalue weighted by Crippen LogP contribution is -2.48. The second-order valence-corrected chi connectivity index (χ2v) is 6.20. The molecule has 5 heteroatoms. The van der Waals surface area contributed by atoms with Crippen molar-refractivity contribution < 1.29 is 14.3 Å². The summed E-state index contributed by atoms with van der Waals surface area (Å²) in [6.45, 7) is 1.98. The van der Waals surface area contributed by atoms with E-state index in [-0.39, 0.29) is 23.1 Å². The molecular weight excluding hydrogens is 256 g/mol. The topological polar surface area (TPSA) is 72.6 Å². The molecule has 0 radical (unpaired) electrons. The third-order valence-electron chi connectivity index (χ3n) is 4.98. The van der Waals surface area contributed by atoms with Crippen LogP contribution in [0.15, 0.2) is 0 Å². The molecular formula is C15H26N2O3. The van der Waals surface area contributed by atoms with Crippen LogP contribution >= 0.6 is 0 Å². The van der Waals surface area contributed by atoms with Gasteiger partial charge in [-0.15, -0.1) is 0 Å². The molecule has 0 aromatic heterocycles. The van der Waals surface area contributed by atoms with Crippen LogP contribution in [-0.2, 0) is 14.3 Å². The Morgan fingerprint density at radius 2 is 1.85 bits per heavy atom. The zero-order valence-electron chi connectivity index (χ0n) is 12.4. The number of likely N-dealkylation sites (tertiary alicyclic amines) is 1. The van der Waals surface area contributed by atoms with Gasteiger partial charge in [-0.2, -0.15) is 0 Å². The zero-order chi connectivity index (χ0) is 14.6. The van der Waals surface area contributed by atoms with Crippen molar-refractivity contribution in [2.45, 2.75) is 44.9 Å². The Hall–Kier alpha value is -1.10. The summed E-state index contributed by atoms with van der Waals surface area (Å²) in [6.07, 6.45) is 6.46. The molecule has 2 amide bonds. The summed E-state index contributed by atoms with van der Waals surface area (Å²) in [6, 6.07) is 0. The molecule has 0 bridgehead atoms. The quantitative estimate of drug-likeness (QED) is 0.826. The number of rotatable bonds is 5. The SMILES string of the molecule is COCCC1(C(=O)N2CCC(C(N)=O)CC2)CCCC1. The maximum atomic E-state index is 12.9. The maximum Gasteiger partial charge on any atom is 0.228 e. The van der Waals surface area contributed by atoms with E-state index in [1.165, 1.54) is 0 Å². The van der Waals surface area contributed by atoms with Crippen LogP contribution in [-0.4, -0.2) is 43.5 Å². The minimum absolute atomic E-state index is 0.0578. The number of methoxy groups -OCH3 is 1. The van der Waals surface area contributed by atoms with E-state index < -0.39 is 0 Å². The molecule has 2 N–H and O–H groups in total. The van der Waals surface area contributed by atoms with Crippen LogP contribution in [0.3, 0.4) is 0 Å². The molecule has 1 saturated carbocycles. The summed E-state index contributed by atoms with van der Waals surface area (Å²) in [4.78, 5) is 26.0. The van der Waals surface area contributed by atoms with Gasteiger partial charge >= 0.3 is 0 Å². The Morgan fingerprint density at radius 1 is 1.25 bits per heavy atom. The average molecular weight is 282 g/mol. The molecule has 0 atom stereocenters. The molecule has 1 heterocycles. The monoisotopic (exact) mass is 282 g/mol. The maximum absolute atomic E-state index is 12.9. The van der Waals surface area contributed by atoms with E-state index in [2.05, 4.69) is 0 Å². The fourth-order valence-electron chi connectivity index (χ4n) is 3.62. The largest absolute Gasteiger partial charge is 0.385 e. The van der Waals surface area contributed by atoms with Crippen LogP contribution in [0.1, 0.15) is 44.9 Å². The van der Waals surface area contributed by atoms with E-state index in [1.54, 1.807) is 7.11 Å². The van der Waals surface area contributed by atoms with E-state index in [0.29, 0.717) is 32.5 Å². The Balaban J connectivity index is 1.97. The highest BCUT2D eigenvalue weighted by Gasteiger charge is 2.43. The van der Waals surface area contributed by atoms with E-state index in [9.17, 15) is 9.59 Å². The van der Waals surface area contributed by atoms with Crippen molar-refractivity contribution in [3.05, 3.63) is 0 Å². The smallest absolute Gasteiger partial charge is 0.228 e. The van der Waals surface area contributed by atoms with E-state index in [4.69, 9.17) is 10.5 Å². The van der Waals surface area contributed by atoms with Crippen LogP contribution in [0.25, 0.3) is 0 Å². The highest BCUT2D eigenvalue weighted by Crippen LogP contribution is 2.43. The van der Waals surface area contributed by atoms with Gasteiger partial charge in [-0.3, -0.25) is 9.59 Å². The summed E-state index contributed by atoms with van der Waals surface area (Å²) < 4.78 is 5.18. The number of piperidine rings is 1. The Labute approximate surface area is 120 Å². The van der Waals surface area contributed by atoms with Crippen molar-refractivity contribution in [1.82, 2.24) is 4.90 Å². The molecule has 2 fully saturated rings. The van der Waals surface area contributed by atoms with E-state index >= 15 is 0 Å². The lowest BCUT2D eigenvalue weighted by atomic mass is 9.80. The van der Waals surface area contributed by atoms with Crippen LogP contribution in [0.2, 0.25) is 0 Å². The van der Waals surface area contributed by atoms with Gasteiger partial charge in [0.15, 0.2) is 0 Å². The number of amides is 2. The number of carbonyl (C=O) groups is 2. The third kappa shape index (κ3) is 3.14. The molecule has 20 heavy (non-hydrogen) atoms. The molecule has 0 aromatic carbocycles. The number of primary amides is 1. The molecule has 1 aliphatic heterocycles. The first-order valence-corrected chi connectivity index (χ1v) is 7.67. The molecule has 0 spiro atoms. The minimum Gasteiger partial charge on any atom is -0.385 e. The van der Waals surface area contributed by atoms with Gasteiger partial charge < -0.3 is 15.4 Å². The van der Waals surface area contributed by atoms with Crippen LogP contribution in [0, 0.1) is 11.3 Å². The van der Waals surface area contributed by atoms with Crippen molar-refractivity contribution in [1.29, 1.82) is 0 Å². The lowest BCUT2D eigenvalue weighted by molar-refractivity contribution is -0.145. The van der Waals surface area contributed by atoms with Gasteiger partial charge in [0.25, 0.3) is 0 Å². The Bertz CT molecular complexity index is 356. The average Bonchev–Trinajstić information content (AvgIpc) is 2.94. The highest BCUT2D eigenvalue weighted by atomic mass is 16.5. The number of hydrogen-bond acceptors (Lipinski definition) is 3. The van der Waals surface area contributed by atoms with Crippen molar-refractivity contribution in [3.63, 3.8) is 0 Å². The second kappa shape index (κ2) is 6.57. The van der Waals surface area contributed by atoms with Crippen molar-refractivity contribution in [2.24, 2.45) is 17.1 Å². The zero-order valence-corrected chi connectivity index (χ0v) is 12.4. The summed E-state index contributed by atoms with van der Waals surface area (Å²) >= 11 is 0. The van der Waals surface area contributed by atoms with E-state index in [1.807, 2.05) is 4.90 Å². The van der Waals surface area contributed by atoms with Crippen molar-refractivity contribution >= 4 is 11.8 Å². The lowest BCUT2D eigenvalue weighted by Gasteiger charge is -2.38. The number of nitrogens with two attached hydrogens (primary N) is 1. The van der Waals surface area contributed by atoms with Gasteiger partial charge in [0.05, 0.1) is 5.41 Å². The molecule has 1 saturated heterocycles. The van der Waals surface area contributed by atoms with Crippen LogP contribution in [0.5, 0.6) is 0 Å². The molecule has 5 nitrogen and oxygen atoms in total. The van der Waals surface area contributed by atoms with Gasteiger partial charge in [0, 0.05) is 32.7 Å². The van der Waals surface area contributed by atoms with Gasteiger partial charge in [-0.1, -0.05) is 12.8 Å². The number of hydrogen-bond donors (Lipinski definition) is 1. The standard InChI is InChI=1S/C15H26N2O3/c1-20-11-8-15(6-2-3-7-15)14(19)17-9-4-12(5-10-17)13(16)18/h12H,2-11H2,1H3,(H2,16,18). The summed E-state index contributed by atoms with van der Waals surface area (Å²) in [7, 11) is 1.69. The van der Waals surface area contributed by atoms with Gasteiger partial charge in [-0.05, 0) is 32.1 Å². The number of carbonyl (C=O) groups excluding carboxylic acids is 2. The molecule has 2 rings (SSSR count).